The molecule has 1 atom stereocenters. The fraction of sp³-hybridized carbons (Fsp3) is 0.282. The monoisotopic (exact) mass is 690 g/mol. The zero-order valence-electron chi connectivity index (χ0n) is 29.0. The lowest BCUT2D eigenvalue weighted by molar-refractivity contribution is -0.140. The lowest BCUT2D eigenvalue weighted by atomic mass is 9.68. The van der Waals surface area contributed by atoms with Gasteiger partial charge in [-0.1, -0.05) is 18.7 Å². The summed E-state index contributed by atoms with van der Waals surface area (Å²) in [6, 6.07) is 7.30. The van der Waals surface area contributed by atoms with E-state index in [1.807, 2.05) is 39.0 Å². The summed E-state index contributed by atoms with van der Waals surface area (Å²) in [7, 11) is 1.34. The maximum atomic E-state index is 12.9. The molecule has 262 valence electrons. The first-order valence-electron chi connectivity index (χ1n) is 16.5. The number of carbonyl (C=O) groups is 4. The number of hydrogen-bond donors (Lipinski definition) is 5. The second-order valence-electron chi connectivity index (χ2n) is 13.1. The van der Waals surface area contributed by atoms with E-state index in [1.165, 1.54) is 7.11 Å². The number of fused-ring (bicyclic) bond motifs is 11. The van der Waals surface area contributed by atoms with E-state index in [0.717, 1.165) is 27.8 Å². The van der Waals surface area contributed by atoms with Crippen LogP contribution in [0.4, 0.5) is 0 Å². The lowest BCUT2D eigenvalue weighted by Gasteiger charge is -2.32. The van der Waals surface area contributed by atoms with E-state index >= 15 is 0 Å². The van der Waals surface area contributed by atoms with Crippen molar-refractivity contribution in [3.63, 3.8) is 0 Å². The van der Waals surface area contributed by atoms with Gasteiger partial charge in [0.2, 0.25) is 0 Å². The largest absolute Gasteiger partial charge is 0.481 e. The molecule has 12 heteroatoms. The molecule has 8 bridgehead atoms. The minimum absolute atomic E-state index is 0.0861. The molecule has 0 aromatic carbocycles. The molecule has 4 aliphatic rings. The quantitative estimate of drug-likeness (QED) is 0.179. The van der Waals surface area contributed by atoms with Crippen LogP contribution in [0.2, 0.25) is 0 Å². The summed E-state index contributed by atoms with van der Waals surface area (Å²) in [4.78, 5) is 66.1. The molecule has 0 amide bonds. The highest BCUT2D eigenvalue weighted by molar-refractivity contribution is 6.07. The van der Waals surface area contributed by atoms with Crippen LogP contribution in [0.1, 0.15) is 91.7 Å². The summed E-state index contributed by atoms with van der Waals surface area (Å²) < 4.78 is 4.92. The van der Waals surface area contributed by atoms with Crippen molar-refractivity contribution >= 4 is 62.8 Å². The average Bonchev–Trinajstić information content (AvgIpc) is 3.73. The Morgan fingerprint density at radius 2 is 1.57 bits per heavy atom. The topological polar surface area (TPSA) is 196 Å². The molecule has 2 aromatic rings. The number of ether oxygens (including phenoxy) is 1. The molecule has 6 rings (SSSR count). The Balaban J connectivity index is 1.77. The third kappa shape index (κ3) is 5.86. The molecule has 0 saturated carbocycles. The fourth-order valence-corrected chi connectivity index (χ4v) is 7.47. The SMILES string of the molecule is C=CC1=C(C)c2cc3[nH]c(cc4nc(cc5[nH]c(cc1n2)c(C)c5CCC(=O)OC)C(CCC(=O)O)=C4C)[C@]1(C)C3=CCC(C(=O)O)=C1C(=O)O. The molecule has 3 aliphatic heterocycles. The van der Waals surface area contributed by atoms with Gasteiger partial charge in [-0.2, -0.15) is 0 Å². The Morgan fingerprint density at radius 1 is 0.882 bits per heavy atom. The molecular weight excluding hydrogens is 652 g/mol. The molecule has 12 nitrogen and oxygen atoms in total. The van der Waals surface area contributed by atoms with E-state index in [1.54, 1.807) is 25.1 Å². The zero-order chi connectivity index (χ0) is 36.9. The van der Waals surface area contributed by atoms with Crippen molar-refractivity contribution in [2.45, 2.75) is 65.2 Å². The average molecular weight is 691 g/mol. The predicted octanol–water partition coefficient (Wildman–Crippen LogP) is 6.57. The van der Waals surface area contributed by atoms with Crippen LogP contribution in [0.25, 0.3) is 38.9 Å². The first-order valence-corrected chi connectivity index (χ1v) is 16.5. The number of rotatable bonds is 9. The van der Waals surface area contributed by atoms with E-state index in [2.05, 4.69) is 16.5 Å². The van der Waals surface area contributed by atoms with Crippen LogP contribution in [0.15, 0.2) is 54.1 Å². The number of carboxylic acid groups (broad SMARTS) is 3. The van der Waals surface area contributed by atoms with Gasteiger partial charge in [0.1, 0.15) is 0 Å². The van der Waals surface area contributed by atoms with Gasteiger partial charge in [0.15, 0.2) is 0 Å². The van der Waals surface area contributed by atoms with Gasteiger partial charge in [-0.25, -0.2) is 19.6 Å². The number of H-pyrrole nitrogens is 2. The lowest BCUT2D eigenvalue weighted by Crippen LogP contribution is -2.33. The van der Waals surface area contributed by atoms with Crippen LogP contribution in [0.3, 0.4) is 0 Å². The molecule has 0 unspecified atom stereocenters. The van der Waals surface area contributed by atoms with Crippen LogP contribution in [0.5, 0.6) is 0 Å². The van der Waals surface area contributed by atoms with Crippen molar-refractivity contribution in [1.82, 2.24) is 19.9 Å². The first kappa shape index (κ1) is 34.8. The molecular formula is C39H38N4O8. The van der Waals surface area contributed by atoms with Gasteiger partial charge in [0, 0.05) is 40.8 Å². The zero-order valence-corrected chi connectivity index (χ0v) is 29.0. The van der Waals surface area contributed by atoms with Gasteiger partial charge in [-0.15, -0.1) is 0 Å². The Hall–Kier alpha value is -6.04. The number of aliphatic carboxylic acids is 3. The number of carbonyl (C=O) groups excluding carboxylic acids is 1. The predicted molar refractivity (Wildman–Crippen MR) is 192 cm³/mol. The standard InChI is InChI=1S/C39H38N4O8/c1-7-21-18(2)27-15-32-25-11-8-24(37(47)48)36(38(49)50)39(25,5)33(43-32)17-28-20(4)22(9-12-34(44)45)30(42-28)16-31-23(10-13-35(46)51-6)19(3)26(41-31)14-29(21)40-27/h7,11,14-17,41,43H,1,8-10,12-13H2,2-6H3,(H,44,45)(H,47,48)(H,49,50)/t39-/m0/s1. The van der Waals surface area contributed by atoms with Crippen molar-refractivity contribution in [2.75, 3.05) is 7.11 Å². The molecule has 0 saturated heterocycles. The van der Waals surface area contributed by atoms with Crippen molar-refractivity contribution in [1.29, 1.82) is 0 Å². The summed E-state index contributed by atoms with van der Waals surface area (Å²) in [6.07, 6.45) is 3.89. The summed E-state index contributed by atoms with van der Waals surface area (Å²) in [5, 5.41) is 30.2. The Morgan fingerprint density at radius 3 is 2.22 bits per heavy atom. The summed E-state index contributed by atoms with van der Waals surface area (Å²) in [6.45, 7) is 11.4. The molecule has 5 heterocycles. The summed E-state index contributed by atoms with van der Waals surface area (Å²) in [5.74, 6) is -4.01. The second-order valence-corrected chi connectivity index (χ2v) is 13.1. The molecule has 5 N–H and O–H groups in total. The van der Waals surface area contributed by atoms with Crippen LogP contribution in [0, 0.1) is 6.92 Å². The number of nitrogens with one attached hydrogen (secondary N) is 2. The van der Waals surface area contributed by atoms with E-state index in [9.17, 15) is 34.5 Å². The molecule has 0 fully saturated rings. The Kier molecular flexibility index (Phi) is 8.88. The second kappa shape index (κ2) is 13.0. The summed E-state index contributed by atoms with van der Waals surface area (Å²) in [5.41, 5.74) is 8.11. The minimum atomic E-state index is -1.41. The number of aryl methyl sites for hydroxylation is 2. The van der Waals surface area contributed by atoms with Gasteiger partial charge in [0.25, 0.3) is 0 Å². The van der Waals surface area contributed by atoms with Gasteiger partial charge in [0.05, 0.1) is 46.4 Å². The van der Waals surface area contributed by atoms with Crippen LogP contribution >= 0.6 is 0 Å². The van der Waals surface area contributed by atoms with Crippen molar-refractivity contribution in [3.05, 3.63) is 99.4 Å². The number of methoxy groups -OCH3 is 1. The normalized spacial score (nSPS) is 17.5. The van der Waals surface area contributed by atoms with E-state index < -0.39 is 23.3 Å². The highest BCUT2D eigenvalue weighted by Crippen LogP contribution is 2.51. The molecule has 0 spiro atoms. The number of nitrogens with zero attached hydrogens (tertiary/aromatic N) is 2. The number of aromatic amines is 2. The van der Waals surface area contributed by atoms with E-state index in [-0.39, 0.29) is 42.8 Å². The number of hydrogen-bond acceptors (Lipinski definition) is 7. The molecule has 51 heavy (non-hydrogen) atoms. The highest BCUT2D eigenvalue weighted by Gasteiger charge is 2.48. The number of carboxylic acids is 3. The van der Waals surface area contributed by atoms with Crippen LogP contribution in [-0.2, 0) is 35.8 Å². The maximum absolute atomic E-state index is 12.9. The fourth-order valence-electron chi connectivity index (χ4n) is 7.47. The number of allylic oxidation sites excluding steroid dienone is 7. The van der Waals surface area contributed by atoms with Gasteiger partial charge >= 0.3 is 23.9 Å². The smallest absolute Gasteiger partial charge is 0.333 e. The molecule has 0 radical (unpaired) electrons. The van der Waals surface area contributed by atoms with Crippen molar-refractivity contribution in [3.8, 4) is 0 Å². The Bertz CT molecular complexity index is 2300. The molecule has 2 aromatic heterocycles. The maximum Gasteiger partial charge on any atom is 0.333 e. The number of aromatic nitrogens is 4. The highest BCUT2D eigenvalue weighted by atomic mass is 16.5. The molecule has 1 aliphatic carbocycles. The van der Waals surface area contributed by atoms with E-state index in [4.69, 9.17) is 14.7 Å². The van der Waals surface area contributed by atoms with Gasteiger partial charge < -0.3 is 30.0 Å². The van der Waals surface area contributed by atoms with Crippen molar-refractivity contribution in [2.24, 2.45) is 0 Å². The number of esters is 1. The minimum Gasteiger partial charge on any atom is -0.481 e. The summed E-state index contributed by atoms with van der Waals surface area (Å²) >= 11 is 0. The van der Waals surface area contributed by atoms with E-state index in [0.29, 0.717) is 62.8 Å². The van der Waals surface area contributed by atoms with Crippen LogP contribution < -0.4 is 0 Å². The third-order valence-electron chi connectivity index (χ3n) is 10.3. The Labute approximate surface area is 293 Å². The van der Waals surface area contributed by atoms with Crippen LogP contribution in [-0.4, -0.2) is 66.2 Å². The first-order chi connectivity index (χ1) is 24.2. The van der Waals surface area contributed by atoms with Crippen molar-refractivity contribution < 1.29 is 39.2 Å². The van der Waals surface area contributed by atoms with Gasteiger partial charge in [-0.3, -0.25) is 9.59 Å². The third-order valence-corrected chi connectivity index (χ3v) is 10.3. The van der Waals surface area contributed by atoms with Gasteiger partial charge in [-0.05, 0) is 105 Å².